The maximum Gasteiger partial charge on any atom is 0.343 e. The number of esters is 1. The molecule has 0 amide bonds. The lowest BCUT2D eigenvalue weighted by Crippen LogP contribution is -2.26. The Morgan fingerprint density at radius 1 is 0.907 bits per heavy atom. The largest absolute Gasteiger partial charge is 0.496 e. The first-order valence-electron chi connectivity index (χ1n) is 17.6. The van der Waals surface area contributed by atoms with Crippen LogP contribution in [0.2, 0.25) is 0 Å². The zero-order valence-corrected chi connectivity index (χ0v) is 30.5. The molecule has 0 saturated heterocycles. The second-order valence-electron chi connectivity index (χ2n) is 13.1. The number of nitro groups is 1. The van der Waals surface area contributed by atoms with Crippen molar-refractivity contribution in [1.82, 2.24) is 0 Å². The number of benzene rings is 5. The first kappa shape index (κ1) is 37.1. The zero-order chi connectivity index (χ0) is 38.4. The van der Waals surface area contributed by atoms with E-state index >= 15 is 0 Å². The average Bonchev–Trinajstić information content (AvgIpc) is 3.15. The molecule has 1 heterocycles. The van der Waals surface area contributed by atoms with Crippen molar-refractivity contribution < 1.29 is 28.7 Å². The summed E-state index contributed by atoms with van der Waals surface area (Å²) in [5.74, 6) is 1.32. The van der Waals surface area contributed by atoms with Gasteiger partial charge in [-0.15, -0.1) is 0 Å². The Bertz CT molecular complexity index is 2160. The predicted octanol–water partition coefficient (Wildman–Crippen LogP) is 7.47. The van der Waals surface area contributed by atoms with E-state index in [1.54, 1.807) is 54.6 Å². The molecular weight excluding hydrogens is 688 g/mol. The van der Waals surface area contributed by atoms with Gasteiger partial charge >= 0.3 is 5.97 Å². The molecule has 54 heavy (non-hydrogen) atoms. The third-order valence-electron chi connectivity index (χ3n) is 9.25. The summed E-state index contributed by atoms with van der Waals surface area (Å²) in [6, 6.07) is 25.6. The van der Waals surface area contributed by atoms with E-state index < -0.39 is 10.9 Å². The number of aryl methyl sites for hydroxylation is 2. The van der Waals surface area contributed by atoms with Gasteiger partial charge in [0.05, 0.1) is 35.6 Å². The molecule has 0 radical (unpaired) electrons. The maximum atomic E-state index is 13.2. The van der Waals surface area contributed by atoms with Crippen LogP contribution in [0.3, 0.4) is 0 Å². The second-order valence-corrected chi connectivity index (χ2v) is 13.1. The highest BCUT2D eigenvalue weighted by molar-refractivity contribution is 5.92. The Labute approximate surface area is 313 Å². The number of carbonyl (C=O) groups is 1. The summed E-state index contributed by atoms with van der Waals surface area (Å²) < 4.78 is 23.4. The van der Waals surface area contributed by atoms with Gasteiger partial charge in [0.25, 0.3) is 5.69 Å². The van der Waals surface area contributed by atoms with Crippen molar-refractivity contribution in [2.45, 2.75) is 38.8 Å². The van der Waals surface area contributed by atoms with Gasteiger partial charge in [-0.1, -0.05) is 0 Å². The van der Waals surface area contributed by atoms with Crippen LogP contribution in [0.5, 0.6) is 23.0 Å². The van der Waals surface area contributed by atoms with Crippen molar-refractivity contribution in [1.29, 1.82) is 0 Å². The molecule has 5 aromatic rings. The summed E-state index contributed by atoms with van der Waals surface area (Å²) in [6.07, 6.45) is 2.87. The van der Waals surface area contributed by atoms with Crippen molar-refractivity contribution >= 4 is 40.1 Å². The molecule has 7 N–H and O–H groups in total. The third-order valence-corrected chi connectivity index (χ3v) is 9.25. The van der Waals surface area contributed by atoms with Crippen LogP contribution >= 0.6 is 0 Å². The summed E-state index contributed by atoms with van der Waals surface area (Å²) in [7, 11) is 3.57. The second kappa shape index (κ2) is 16.4. The van der Waals surface area contributed by atoms with E-state index in [2.05, 4.69) is 17.3 Å². The van der Waals surface area contributed by atoms with Crippen LogP contribution in [0.15, 0.2) is 91.0 Å². The molecule has 0 bridgehead atoms. The van der Waals surface area contributed by atoms with Gasteiger partial charge < -0.3 is 46.4 Å². The van der Waals surface area contributed by atoms with Crippen molar-refractivity contribution in [3.8, 4) is 34.1 Å². The van der Waals surface area contributed by atoms with Gasteiger partial charge in [0, 0.05) is 66.5 Å². The molecule has 13 nitrogen and oxygen atoms in total. The Kier molecular flexibility index (Phi) is 11.3. The van der Waals surface area contributed by atoms with Crippen LogP contribution in [0.1, 0.15) is 41.3 Å². The highest BCUT2D eigenvalue weighted by Crippen LogP contribution is 2.36. The molecule has 13 heteroatoms. The van der Waals surface area contributed by atoms with Gasteiger partial charge in [0.15, 0.2) is 6.23 Å². The monoisotopic (exact) mass is 732 g/mol. The van der Waals surface area contributed by atoms with E-state index in [9.17, 15) is 14.9 Å². The summed E-state index contributed by atoms with van der Waals surface area (Å²) in [6.45, 7) is 3.26. The smallest absolute Gasteiger partial charge is 0.343 e. The van der Waals surface area contributed by atoms with Crippen molar-refractivity contribution in [3.63, 3.8) is 0 Å². The van der Waals surface area contributed by atoms with Crippen molar-refractivity contribution in [2.75, 3.05) is 54.7 Å². The van der Waals surface area contributed by atoms with Crippen LogP contribution in [0.25, 0.3) is 11.1 Å². The Morgan fingerprint density at radius 3 is 2.44 bits per heavy atom. The zero-order valence-electron chi connectivity index (χ0n) is 30.5. The van der Waals surface area contributed by atoms with E-state index in [1.807, 2.05) is 31.2 Å². The first-order valence-corrected chi connectivity index (χ1v) is 17.6. The third kappa shape index (κ3) is 8.69. The number of non-ortho nitro benzene ring substituents is 1. The summed E-state index contributed by atoms with van der Waals surface area (Å²) in [5, 5.41) is 14.4. The Morgan fingerprint density at radius 2 is 1.69 bits per heavy atom. The molecule has 0 aliphatic carbocycles. The number of nitrogens with zero attached hydrogens (tertiary/aromatic N) is 2. The average molecular weight is 733 g/mol. The fourth-order valence-electron chi connectivity index (χ4n) is 6.42. The molecule has 6 rings (SSSR count). The first-order chi connectivity index (χ1) is 26.0. The number of rotatable bonds is 14. The number of nitro benzene ring substituents is 1. The number of nitrogen functional groups attached to an aromatic ring is 3. The van der Waals surface area contributed by atoms with Crippen LogP contribution in [-0.2, 0) is 12.8 Å². The molecule has 0 aromatic heterocycles. The highest BCUT2D eigenvalue weighted by atomic mass is 16.6. The number of hydrogen-bond acceptors (Lipinski definition) is 12. The standard InChI is InChI=1S/C41H44N6O7/c1-25(53-40-24-37-28(21-36(40)44)6-4-18-46(37)2)45-30-11-17-35(43)39(22-30)52-19-5-7-27-20-29(10-16-34(27)42)41(48)54-32-14-15-33(38(23-32)51-3)26-8-12-31(13-9-26)47(49)50/h8-17,20-25,45H,4-7,18-19,42-44H2,1-3H3. The van der Waals surface area contributed by atoms with E-state index in [0.29, 0.717) is 64.9 Å². The summed E-state index contributed by atoms with van der Waals surface area (Å²) in [4.78, 5) is 25.9. The summed E-state index contributed by atoms with van der Waals surface area (Å²) >= 11 is 0. The number of anilines is 5. The SMILES string of the molecule is COc1cc(OC(=O)c2ccc(N)c(CCCOc3cc(NC(C)Oc4cc5c(cc4N)CCCN5C)ccc3N)c2)ccc1-c1ccc([N+](=O)[O-])cc1. The quantitative estimate of drug-likeness (QED) is 0.0168. The minimum atomic E-state index is -0.561. The Balaban J connectivity index is 1.03. The molecule has 0 saturated carbocycles. The lowest BCUT2D eigenvalue weighted by atomic mass is 10.0. The van der Waals surface area contributed by atoms with Gasteiger partial charge in [-0.25, -0.2) is 4.79 Å². The predicted molar refractivity (Wildman–Crippen MR) is 212 cm³/mol. The normalized spacial score (nSPS) is 12.7. The van der Waals surface area contributed by atoms with E-state index in [4.69, 9.17) is 36.1 Å². The number of methoxy groups -OCH3 is 1. The maximum absolute atomic E-state index is 13.2. The minimum Gasteiger partial charge on any atom is -0.496 e. The van der Waals surface area contributed by atoms with Gasteiger partial charge in [-0.3, -0.25) is 10.1 Å². The fraction of sp³-hybridized carbons (Fsp3) is 0.244. The van der Waals surface area contributed by atoms with Crippen LogP contribution in [0, 0.1) is 10.1 Å². The number of ether oxygens (including phenoxy) is 4. The van der Waals surface area contributed by atoms with Gasteiger partial charge in [0.1, 0.15) is 23.0 Å². The molecule has 1 aliphatic heterocycles. The molecule has 1 aliphatic rings. The lowest BCUT2D eigenvalue weighted by Gasteiger charge is -2.29. The number of hydrogen-bond donors (Lipinski definition) is 4. The van der Waals surface area contributed by atoms with Gasteiger partial charge in [0.2, 0.25) is 0 Å². The fourth-order valence-corrected chi connectivity index (χ4v) is 6.42. The number of carbonyl (C=O) groups excluding carboxylic acids is 1. The van der Waals surface area contributed by atoms with E-state index in [1.165, 1.54) is 24.8 Å². The van der Waals surface area contributed by atoms with Crippen LogP contribution in [-0.4, -0.2) is 44.4 Å². The number of nitrogens with two attached hydrogens (primary N) is 3. The van der Waals surface area contributed by atoms with Gasteiger partial charge in [-0.2, -0.15) is 0 Å². The molecule has 1 atom stereocenters. The molecule has 0 fully saturated rings. The van der Waals surface area contributed by atoms with Crippen LogP contribution in [0.4, 0.5) is 34.1 Å². The molecular formula is C41H44N6O7. The minimum absolute atomic E-state index is 0.0142. The molecule has 0 spiro atoms. The molecule has 1 unspecified atom stereocenters. The number of fused-ring (bicyclic) bond motifs is 1. The number of nitrogens with one attached hydrogen (secondary N) is 1. The Hall–Kier alpha value is -6.63. The highest BCUT2D eigenvalue weighted by Gasteiger charge is 2.19. The van der Waals surface area contributed by atoms with Gasteiger partial charge in [-0.05, 0) is 110 Å². The lowest BCUT2D eigenvalue weighted by molar-refractivity contribution is -0.384. The molecule has 280 valence electrons. The van der Waals surface area contributed by atoms with Crippen LogP contribution < -0.4 is 46.4 Å². The van der Waals surface area contributed by atoms with E-state index in [-0.39, 0.29) is 17.7 Å². The van der Waals surface area contributed by atoms with Crippen molar-refractivity contribution in [2.24, 2.45) is 0 Å². The van der Waals surface area contributed by atoms with E-state index in [0.717, 1.165) is 41.9 Å². The molecule has 5 aromatic carbocycles. The topological polar surface area (TPSA) is 190 Å². The van der Waals surface area contributed by atoms with Crippen molar-refractivity contribution in [3.05, 3.63) is 118 Å². The summed E-state index contributed by atoms with van der Waals surface area (Å²) in [5.41, 5.74) is 26.1.